The molecule has 3 heterocycles. The monoisotopic (exact) mass is 455 g/mol. The van der Waals surface area contributed by atoms with E-state index in [9.17, 15) is 4.39 Å². The van der Waals surface area contributed by atoms with E-state index < -0.39 is 5.82 Å². The molecule has 0 amide bonds. The number of pyridine rings is 1. The van der Waals surface area contributed by atoms with Crippen molar-refractivity contribution < 1.29 is 9.13 Å². The van der Waals surface area contributed by atoms with Gasteiger partial charge in [0.25, 0.3) is 0 Å². The number of likely N-dealkylation sites (tertiary alicyclic amines) is 1. The highest BCUT2D eigenvalue weighted by Gasteiger charge is 2.23. The summed E-state index contributed by atoms with van der Waals surface area (Å²) in [6.07, 6.45) is 2.03. The van der Waals surface area contributed by atoms with Gasteiger partial charge in [0.15, 0.2) is 0 Å². The Morgan fingerprint density at radius 2 is 1.97 bits per heavy atom. The van der Waals surface area contributed by atoms with Crippen molar-refractivity contribution in [3.8, 4) is 11.9 Å². The van der Waals surface area contributed by atoms with E-state index in [0.29, 0.717) is 22.9 Å². The lowest BCUT2D eigenvalue weighted by Crippen LogP contribution is -2.33. The molecule has 4 aromatic rings. The van der Waals surface area contributed by atoms with Crippen LogP contribution in [0.3, 0.4) is 0 Å². The molecule has 0 saturated carbocycles. The quantitative estimate of drug-likeness (QED) is 0.430. The van der Waals surface area contributed by atoms with E-state index >= 15 is 0 Å². The van der Waals surface area contributed by atoms with Crippen molar-refractivity contribution in [2.45, 2.75) is 38.8 Å². The minimum absolute atomic E-state index is 0.0729. The van der Waals surface area contributed by atoms with Gasteiger partial charge >= 0.3 is 0 Å². The van der Waals surface area contributed by atoms with E-state index in [2.05, 4.69) is 40.0 Å². The molecule has 6 nitrogen and oxygen atoms in total. The highest BCUT2D eigenvalue weighted by Crippen LogP contribution is 2.29. The third-order valence-corrected chi connectivity index (χ3v) is 6.37. The summed E-state index contributed by atoms with van der Waals surface area (Å²) in [5.41, 5.74) is 5.04. The molecule has 0 atom stereocenters. The molecule has 1 saturated heterocycles. The van der Waals surface area contributed by atoms with Crippen LogP contribution < -0.4 is 4.74 Å². The summed E-state index contributed by atoms with van der Waals surface area (Å²) in [6.45, 7) is 4.93. The number of aromatic amines is 1. The average molecular weight is 456 g/mol. The number of aromatic nitrogens is 3. The number of fused-ring (bicyclic) bond motifs is 1. The van der Waals surface area contributed by atoms with Crippen molar-refractivity contribution in [3.05, 3.63) is 88.6 Å². The number of nitrogens with zero attached hydrogens (tertiary/aromatic N) is 4. The lowest BCUT2D eigenvalue weighted by Gasteiger charge is -2.31. The van der Waals surface area contributed by atoms with E-state index in [1.54, 1.807) is 18.2 Å². The van der Waals surface area contributed by atoms with Gasteiger partial charge in [0, 0.05) is 23.2 Å². The number of ether oxygens (including phenoxy) is 1. The zero-order valence-corrected chi connectivity index (χ0v) is 19.1. The van der Waals surface area contributed by atoms with Gasteiger partial charge in [-0.2, -0.15) is 5.26 Å². The third-order valence-electron chi connectivity index (χ3n) is 6.37. The Morgan fingerprint density at radius 3 is 2.76 bits per heavy atom. The zero-order chi connectivity index (χ0) is 23.5. The first-order valence-electron chi connectivity index (χ1n) is 11.5. The molecule has 2 aromatic carbocycles. The van der Waals surface area contributed by atoms with Crippen LogP contribution in [0.2, 0.25) is 0 Å². The second kappa shape index (κ2) is 9.62. The predicted molar refractivity (Wildman–Crippen MR) is 128 cm³/mol. The van der Waals surface area contributed by atoms with Crippen LogP contribution in [0, 0.1) is 24.1 Å². The summed E-state index contributed by atoms with van der Waals surface area (Å²) in [5, 5.41) is 8.88. The van der Waals surface area contributed by atoms with Crippen molar-refractivity contribution >= 4 is 11.0 Å². The molecular formula is C27H26FN5O. The predicted octanol–water partition coefficient (Wildman–Crippen LogP) is 5.24. The van der Waals surface area contributed by atoms with Crippen molar-refractivity contribution in [2.75, 3.05) is 13.1 Å². The van der Waals surface area contributed by atoms with Gasteiger partial charge in [0.05, 0.1) is 29.2 Å². The first-order chi connectivity index (χ1) is 16.6. The fourth-order valence-corrected chi connectivity index (χ4v) is 4.47. The van der Waals surface area contributed by atoms with E-state index in [0.717, 1.165) is 55.0 Å². The van der Waals surface area contributed by atoms with Crippen LogP contribution in [-0.2, 0) is 13.2 Å². The van der Waals surface area contributed by atoms with E-state index in [1.807, 2.05) is 18.2 Å². The Hall–Kier alpha value is -3.76. The zero-order valence-electron chi connectivity index (χ0n) is 19.1. The Labute approximate surface area is 198 Å². The summed E-state index contributed by atoms with van der Waals surface area (Å²) in [5.74, 6) is 1.41. The molecule has 0 unspecified atom stereocenters. The summed E-state index contributed by atoms with van der Waals surface area (Å²) in [6, 6.07) is 18.4. The normalized spacial score (nSPS) is 14.9. The van der Waals surface area contributed by atoms with Gasteiger partial charge in [-0.1, -0.05) is 18.2 Å². The van der Waals surface area contributed by atoms with Crippen LogP contribution in [0.5, 0.6) is 5.88 Å². The van der Waals surface area contributed by atoms with Gasteiger partial charge < -0.3 is 9.72 Å². The van der Waals surface area contributed by atoms with Crippen LogP contribution >= 0.6 is 0 Å². The Balaban J connectivity index is 1.17. The van der Waals surface area contributed by atoms with Gasteiger partial charge in [-0.05, 0) is 68.8 Å². The minimum Gasteiger partial charge on any atom is -0.473 e. The van der Waals surface area contributed by atoms with Gasteiger partial charge in [-0.3, -0.25) is 4.90 Å². The number of H-pyrrole nitrogens is 1. The van der Waals surface area contributed by atoms with Gasteiger partial charge in [-0.25, -0.2) is 14.4 Å². The van der Waals surface area contributed by atoms with Crippen molar-refractivity contribution in [1.29, 1.82) is 5.26 Å². The van der Waals surface area contributed by atoms with E-state index in [4.69, 9.17) is 15.0 Å². The maximum atomic E-state index is 14.1. The van der Waals surface area contributed by atoms with Crippen molar-refractivity contribution in [2.24, 2.45) is 0 Å². The molecule has 0 radical (unpaired) electrons. The number of halogens is 1. The smallest absolute Gasteiger partial charge is 0.213 e. The van der Waals surface area contributed by atoms with Gasteiger partial charge in [0.2, 0.25) is 5.88 Å². The second-order valence-electron chi connectivity index (χ2n) is 8.86. The maximum absolute atomic E-state index is 14.1. The molecule has 34 heavy (non-hydrogen) atoms. The summed E-state index contributed by atoms with van der Waals surface area (Å²) in [7, 11) is 0. The first kappa shape index (κ1) is 22.1. The highest BCUT2D eigenvalue weighted by molar-refractivity contribution is 5.75. The lowest BCUT2D eigenvalue weighted by atomic mass is 9.93. The van der Waals surface area contributed by atoms with Gasteiger partial charge in [-0.15, -0.1) is 0 Å². The highest BCUT2D eigenvalue weighted by atomic mass is 19.1. The fraction of sp³-hybridized carbons (Fsp3) is 0.296. The number of imidazole rings is 1. The molecule has 0 aliphatic carbocycles. The SMILES string of the molecule is Cc1ccc2nc(CN3CCC(c4cccc(OCc5ccc(C#N)cc5F)n4)CC3)[nH]c2c1. The second-order valence-corrected chi connectivity index (χ2v) is 8.86. The minimum atomic E-state index is -0.442. The van der Waals surface area contributed by atoms with Crippen LogP contribution in [0.1, 0.15) is 47.0 Å². The summed E-state index contributed by atoms with van der Waals surface area (Å²) >= 11 is 0. The standard InChI is InChI=1S/C27H26FN5O/c1-18-5-8-24-25(13-18)31-26(30-24)16-33-11-9-20(10-12-33)23-3-2-4-27(32-23)34-17-21-7-6-19(15-29)14-22(21)28/h2-8,13-14,20H,9-12,16-17H2,1H3,(H,30,31). The number of hydrogen-bond donors (Lipinski definition) is 1. The number of rotatable bonds is 6. The average Bonchev–Trinajstić information content (AvgIpc) is 3.25. The van der Waals surface area contributed by atoms with Gasteiger partial charge in [0.1, 0.15) is 18.2 Å². The molecule has 1 aliphatic heterocycles. The molecule has 5 rings (SSSR count). The Morgan fingerprint density at radius 1 is 1.12 bits per heavy atom. The molecule has 1 N–H and O–H groups in total. The largest absolute Gasteiger partial charge is 0.473 e. The number of nitriles is 1. The molecular weight excluding hydrogens is 429 g/mol. The number of benzene rings is 2. The van der Waals surface area contributed by atoms with E-state index in [-0.39, 0.29) is 6.61 Å². The molecule has 0 spiro atoms. The molecule has 0 bridgehead atoms. The lowest BCUT2D eigenvalue weighted by molar-refractivity contribution is 0.198. The summed E-state index contributed by atoms with van der Waals surface area (Å²) < 4.78 is 19.9. The number of nitrogens with one attached hydrogen (secondary N) is 1. The Kier molecular flexibility index (Phi) is 6.24. The van der Waals surface area contributed by atoms with Crippen LogP contribution in [-0.4, -0.2) is 32.9 Å². The molecule has 2 aromatic heterocycles. The molecule has 1 aliphatic rings. The van der Waals surface area contributed by atoms with Crippen LogP contribution in [0.4, 0.5) is 4.39 Å². The molecule has 7 heteroatoms. The fourth-order valence-electron chi connectivity index (χ4n) is 4.47. The third kappa shape index (κ3) is 4.92. The molecule has 1 fully saturated rings. The van der Waals surface area contributed by atoms with Crippen molar-refractivity contribution in [1.82, 2.24) is 19.9 Å². The maximum Gasteiger partial charge on any atom is 0.213 e. The van der Waals surface area contributed by atoms with Crippen LogP contribution in [0.25, 0.3) is 11.0 Å². The summed E-state index contributed by atoms with van der Waals surface area (Å²) in [4.78, 5) is 15.3. The first-order valence-corrected chi connectivity index (χ1v) is 11.5. The van der Waals surface area contributed by atoms with E-state index in [1.165, 1.54) is 11.6 Å². The topological polar surface area (TPSA) is 77.8 Å². The number of hydrogen-bond acceptors (Lipinski definition) is 5. The van der Waals surface area contributed by atoms with Crippen LogP contribution in [0.15, 0.2) is 54.6 Å². The number of piperidine rings is 1. The number of aryl methyl sites for hydroxylation is 1. The molecule has 172 valence electrons. The van der Waals surface area contributed by atoms with Crippen molar-refractivity contribution in [3.63, 3.8) is 0 Å². The Bertz CT molecular complexity index is 1350.